The number of likely N-dealkylation sites (N-methyl/N-ethyl adjacent to an activating group) is 1. The molecule has 5 nitrogen and oxygen atoms in total. The van der Waals surface area contributed by atoms with E-state index in [1.54, 1.807) is 24.0 Å². The van der Waals surface area contributed by atoms with Gasteiger partial charge < -0.3 is 10.4 Å². The summed E-state index contributed by atoms with van der Waals surface area (Å²) in [6.07, 6.45) is 2.94. The van der Waals surface area contributed by atoms with Gasteiger partial charge in [0.25, 0.3) is 0 Å². The van der Waals surface area contributed by atoms with Crippen LogP contribution in [0, 0.1) is 6.92 Å². The van der Waals surface area contributed by atoms with Gasteiger partial charge in [-0.05, 0) is 14.0 Å². The SMILES string of the molecule is CNCC(O)c1cnc2cc(C)nn2c1. The number of hydrogen-bond acceptors (Lipinski definition) is 4. The Bertz CT molecular complexity index is 465. The first-order chi connectivity index (χ1) is 7.20. The molecule has 2 aromatic rings. The maximum absolute atomic E-state index is 9.74. The van der Waals surface area contributed by atoms with Crippen molar-refractivity contribution in [2.24, 2.45) is 0 Å². The number of rotatable bonds is 3. The van der Waals surface area contributed by atoms with E-state index in [2.05, 4.69) is 15.4 Å². The van der Waals surface area contributed by atoms with Gasteiger partial charge in [0.05, 0.1) is 11.8 Å². The van der Waals surface area contributed by atoms with Gasteiger partial charge in [-0.15, -0.1) is 0 Å². The molecular formula is C10H14N4O. The van der Waals surface area contributed by atoms with Crippen molar-refractivity contribution in [3.05, 3.63) is 29.7 Å². The first kappa shape index (κ1) is 10.1. The van der Waals surface area contributed by atoms with Crippen molar-refractivity contribution < 1.29 is 5.11 Å². The highest BCUT2D eigenvalue weighted by atomic mass is 16.3. The fraction of sp³-hybridized carbons (Fsp3) is 0.400. The largest absolute Gasteiger partial charge is 0.387 e. The number of aliphatic hydroxyl groups is 1. The zero-order valence-corrected chi connectivity index (χ0v) is 8.81. The molecule has 0 bridgehead atoms. The van der Waals surface area contributed by atoms with Crippen LogP contribution in [0.2, 0.25) is 0 Å². The molecule has 0 aromatic carbocycles. The molecule has 0 aliphatic heterocycles. The fourth-order valence-corrected chi connectivity index (χ4v) is 1.49. The summed E-state index contributed by atoms with van der Waals surface area (Å²) >= 11 is 0. The lowest BCUT2D eigenvalue weighted by atomic mass is 10.2. The molecule has 15 heavy (non-hydrogen) atoms. The molecule has 0 amide bonds. The highest BCUT2D eigenvalue weighted by molar-refractivity contribution is 5.39. The van der Waals surface area contributed by atoms with Crippen LogP contribution in [0.15, 0.2) is 18.5 Å². The third-order valence-electron chi connectivity index (χ3n) is 2.24. The molecule has 80 valence electrons. The van der Waals surface area contributed by atoms with Crippen molar-refractivity contribution in [1.29, 1.82) is 0 Å². The molecule has 0 spiro atoms. The van der Waals surface area contributed by atoms with Crippen LogP contribution >= 0.6 is 0 Å². The summed E-state index contributed by atoms with van der Waals surface area (Å²) in [5.74, 6) is 0. The number of aryl methyl sites for hydroxylation is 1. The molecule has 1 atom stereocenters. The van der Waals surface area contributed by atoms with Crippen LogP contribution in [0.25, 0.3) is 5.65 Å². The maximum atomic E-state index is 9.74. The van der Waals surface area contributed by atoms with Crippen molar-refractivity contribution in [3.63, 3.8) is 0 Å². The second-order valence-electron chi connectivity index (χ2n) is 3.55. The summed E-state index contributed by atoms with van der Waals surface area (Å²) in [6.45, 7) is 2.42. The predicted octanol–water partition coefficient (Wildman–Crippen LogP) is 0.291. The van der Waals surface area contributed by atoms with Crippen molar-refractivity contribution in [1.82, 2.24) is 19.9 Å². The zero-order chi connectivity index (χ0) is 10.8. The van der Waals surface area contributed by atoms with Gasteiger partial charge in [0, 0.05) is 30.6 Å². The second kappa shape index (κ2) is 3.96. The summed E-state index contributed by atoms with van der Waals surface area (Å²) in [5.41, 5.74) is 2.48. The van der Waals surface area contributed by atoms with Gasteiger partial charge in [0.1, 0.15) is 0 Å². The van der Waals surface area contributed by atoms with E-state index in [4.69, 9.17) is 0 Å². The van der Waals surface area contributed by atoms with E-state index in [-0.39, 0.29) is 0 Å². The molecule has 0 saturated heterocycles. The van der Waals surface area contributed by atoms with Crippen molar-refractivity contribution in [2.75, 3.05) is 13.6 Å². The summed E-state index contributed by atoms with van der Waals surface area (Å²) in [4.78, 5) is 4.22. The molecule has 0 aliphatic rings. The number of aliphatic hydroxyl groups excluding tert-OH is 1. The topological polar surface area (TPSA) is 62.5 Å². The summed E-state index contributed by atoms with van der Waals surface area (Å²) in [5, 5.41) is 16.9. The molecule has 0 fully saturated rings. The Morgan fingerprint density at radius 3 is 3.13 bits per heavy atom. The molecule has 5 heteroatoms. The van der Waals surface area contributed by atoms with Crippen LogP contribution in [0.1, 0.15) is 17.4 Å². The summed E-state index contributed by atoms with van der Waals surface area (Å²) < 4.78 is 1.68. The van der Waals surface area contributed by atoms with E-state index in [1.807, 2.05) is 13.0 Å². The van der Waals surface area contributed by atoms with Crippen molar-refractivity contribution in [2.45, 2.75) is 13.0 Å². The number of nitrogens with zero attached hydrogens (tertiary/aromatic N) is 3. The number of fused-ring (bicyclic) bond motifs is 1. The van der Waals surface area contributed by atoms with E-state index < -0.39 is 6.10 Å². The number of hydrogen-bond donors (Lipinski definition) is 2. The average Bonchev–Trinajstić information content (AvgIpc) is 2.57. The molecule has 0 saturated carbocycles. The quantitative estimate of drug-likeness (QED) is 0.757. The Kier molecular flexibility index (Phi) is 2.66. The van der Waals surface area contributed by atoms with Crippen LogP contribution in [0.3, 0.4) is 0 Å². The Balaban J connectivity index is 2.37. The number of nitrogens with one attached hydrogen (secondary N) is 1. The lowest BCUT2D eigenvalue weighted by Gasteiger charge is -2.09. The average molecular weight is 206 g/mol. The highest BCUT2D eigenvalue weighted by Crippen LogP contribution is 2.11. The standard InChI is InChI=1S/C10H14N4O/c1-7-3-10-12-4-8(6-14(10)13-7)9(15)5-11-2/h3-4,6,9,11,15H,5H2,1-2H3. The van der Waals surface area contributed by atoms with Gasteiger partial charge in [-0.1, -0.05) is 0 Å². The molecule has 0 aliphatic carbocycles. The fourth-order valence-electron chi connectivity index (χ4n) is 1.49. The van der Waals surface area contributed by atoms with Crippen LogP contribution in [-0.4, -0.2) is 33.3 Å². The minimum Gasteiger partial charge on any atom is -0.387 e. The normalized spacial score (nSPS) is 13.3. The van der Waals surface area contributed by atoms with E-state index in [0.29, 0.717) is 6.54 Å². The molecule has 2 N–H and O–H groups in total. The van der Waals surface area contributed by atoms with Crippen LogP contribution < -0.4 is 5.32 Å². The Morgan fingerprint density at radius 2 is 2.40 bits per heavy atom. The Labute approximate surface area is 87.8 Å². The lowest BCUT2D eigenvalue weighted by Crippen LogP contribution is -2.17. The monoisotopic (exact) mass is 206 g/mol. The zero-order valence-electron chi connectivity index (χ0n) is 8.81. The van der Waals surface area contributed by atoms with Crippen LogP contribution in [-0.2, 0) is 0 Å². The minimum atomic E-state index is -0.545. The summed E-state index contributed by atoms with van der Waals surface area (Å²) in [6, 6.07) is 1.90. The third kappa shape index (κ3) is 1.98. The molecule has 2 rings (SSSR count). The number of aromatic nitrogens is 3. The minimum absolute atomic E-state index is 0.507. The predicted molar refractivity (Wildman–Crippen MR) is 56.6 cm³/mol. The van der Waals surface area contributed by atoms with Crippen molar-refractivity contribution >= 4 is 5.65 Å². The molecule has 2 aromatic heterocycles. The van der Waals surface area contributed by atoms with E-state index in [9.17, 15) is 5.11 Å². The van der Waals surface area contributed by atoms with Crippen molar-refractivity contribution in [3.8, 4) is 0 Å². The van der Waals surface area contributed by atoms with Gasteiger partial charge in [-0.3, -0.25) is 0 Å². The molecular weight excluding hydrogens is 192 g/mol. The first-order valence-electron chi connectivity index (χ1n) is 4.85. The highest BCUT2D eigenvalue weighted by Gasteiger charge is 2.08. The second-order valence-corrected chi connectivity index (χ2v) is 3.55. The maximum Gasteiger partial charge on any atom is 0.155 e. The molecule has 1 unspecified atom stereocenters. The first-order valence-corrected chi connectivity index (χ1v) is 4.85. The smallest absolute Gasteiger partial charge is 0.155 e. The van der Waals surface area contributed by atoms with E-state index in [1.165, 1.54) is 0 Å². The Hall–Kier alpha value is -1.46. The summed E-state index contributed by atoms with van der Waals surface area (Å²) in [7, 11) is 1.80. The van der Waals surface area contributed by atoms with Gasteiger partial charge in [-0.25, -0.2) is 9.50 Å². The van der Waals surface area contributed by atoms with E-state index in [0.717, 1.165) is 16.9 Å². The third-order valence-corrected chi connectivity index (χ3v) is 2.24. The molecule has 0 radical (unpaired) electrons. The Morgan fingerprint density at radius 1 is 1.60 bits per heavy atom. The van der Waals surface area contributed by atoms with Crippen LogP contribution in [0.5, 0.6) is 0 Å². The van der Waals surface area contributed by atoms with E-state index >= 15 is 0 Å². The van der Waals surface area contributed by atoms with Gasteiger partial charge >= 0.3 is 0 Å². The van der Waals surface area contributed by atoms with Crippen LogP contribution in [0.4, 0.5) is 0 Å². The van der Waals surface area contributed by atoms with Gasteiger partial charge in [0.2, 0.25) is 0 Å². The lowest BCUT2D eigenvalue weighted by molar-refractivity contribution is 0.176. The van der Waals surface area contributed by atoms with Gasteiger partial charge in [0.15, 0.2) is 5.65 Å². The molecule has 2 heterocycles. The van der Waals surface area contributed by atoms with Gasteiger partial charge in [-0.2, -0.15) is 5.10 Å².